The van der Waals surface area contributed by atoms with Gasteiger partial charge in [-0.05, 0) is 18.6 Å². The van der Waals surface area contributed by atoms with Crippen LogP contribution in [0.15, 0.2) is 30.5 Å². The number of carbonyl (C=O) groups excluding carboxylic acids is 2. The van der Waals surface area contributed by atoms with E-state index in [0.29, 0.717) is 38.3 Å². The van der Waals surface area contributed by atoms with Crippen molar-refractivity contribution >= 4 is 11.8 Å². The maximum absolute atomic E-state index is 13.8. The van der Waals surface area contributed by atoms with Crippen LogP contribution in [0.4, 0.5) is 4.39 Å². The molecule has 0 saturated carbocycles. The fourth-order valence-corrected chi connectivity index (χ4v) is 2.95. The first kappa shape index (κ1) is 17.1. The van der Waals surface area contributed by atoms with E-state index in [4.69, 9.17) is 0 Å². The fourth-order valence-electron chi connectivity index (χ4n) is 2.95. The molecule has 0 spiro atoms. The average molecular weight is 344 g/mol. The Labute approximate surface area is 145 Å². The first-order valence-electron chi connectivity index (χ1n) is 8.47. The molecule has 132 valence electrons. The highest BCUT2D eigenvalue weighted by molar-refractivity contribution is 5.95. The maximum Gasteiger partial charge on any atom is 0.271 e. The van der Waals surface area contributed by atoms with E-state index in [0.717, 1.165) is 12.2 Å². The van der Waals surface area contributed by atoms with Crippen molar-refractivity contribution in [3.05, 3.63) is 53.4 Å². The van der Waals surface area contributed by atoms with Crippen LogP contribution in [0.1, 0.15) is 40.0 Å². The van der Waals surface area contributed by atoms with Crippen molar-refractivity contribution in [1.29, 1.82) is 0 Å². The number of rotatable bonds is 3. The Hall–Kier alpha value is -2.70. The molecule has 0 aliphatic carbocycles. The summed E-state index contributed by atoms with van der Waals surface area (Å²) in [6.45, 7) is 3.82. The van der Waals surface area contributed by atoms with E-state index in [-0.39, 0.29) is 17.4 Å². The Morgan fingerprint density at radius 2 is 1.80 bits per heavy atom. The number of benzene rings is 1. The van der Waals surface area contributed by atoms with E-state index < -0.39 is 5.82 Å². The van der Waals surface area contributed by atoms with Crippen molar-refractivity contribution in [3.63, 3.8) is 0 Å². The van der Waals surface area contributed by atoms with Crippen molar-refractivity contribution in [2.24, 2.45) is 0 Å². The number of amides is 2. The number of aryl methyl sites for hydroxylation is 1. The number of halogens is 1. The van der Waals surface area contributed by atoms with E-state index in [9.17, 15) is 14.0 Å². The third-order valence-electron chi connectivity index (χ3n) is 4.37. The smallest absolute Gasteiger partial charge is 0.271 e. The summed E-state index contributed by atoms with van der Waals surface area (Å²) in [5, 5.41) is 0. The third-order valence-corrected chi connectivity index (χ3v) is 4.37. The molecule has 1 aromatic carbocycles. The number of imidazole rings is 1. The van der Waals surface area contributed by atoms with Gasteiger partial charge in [0, 0.05) is 32.6 Å². The molecule has 2 amide bonds. The molecule has 6 nitrogen and oxygen atoms in total. The summed E-state index contributed by atoms with van der Waals surface area (Å²) >= 11 is 0. The van der Waals surface area contributed by atoms with Crippen LogP contribution in [0, 0.1) is 5.82 Å². The molecule has 1 saturated heterocycles. The average Bonchev–Trinajstić information content (AvgIpc) is 2.98. The number of hydrogen-bond donors (Lipinski definition) is 1. The molecule has 0 radical (unpaired) electrons. The number of nitrogens with one attached hydrogen (secondary N) is 1. The molecule has 0 bridgehead atoms. The van der Waals surface area contributed by atoms with Gasteiger partial charge >= 0.3 is 0 Å². The van der Waals surface area contributed by atoms with Gasteiger partial charge in [0.05, 0.1) is 11.8 Å². The summed E-state index contributed by atoms with van der Waals surface area (Å²) in [6, 6.07) is 5.98. The van der Waals surface area contributed by atoms with Crippen molar-refractivity contribution < 1.29 is 14.0 Å². The first-order chi connectivity index (χ1) is 12.1. The van der Waals surface area contributed by atoms with Gasteiger partial charge in [0.2, 0.25) is 0 Å². The number of H-pyrrole nitrogens is 1. The quantitative estimate of drug-likeness (QED) is 0.927. The molecule has 0 unspecified atom stereocenters. The molecule has 0 atom stereocenters. The highest BCUT2D eigenvalue weighted by Crippen LogP contribution is 2.14. The molecule has 25 heavy (non-hydrogen) atoms. The normalized spacial score (nSPS) is 15.1. The van der Waals surface area contributed by atoms with Gasteiger partial charge in [-0.25, -0.2) is 9.37 Å². The molecule has 1 aromatic heterocycles. The fraction of sp³-hybridized carbons (Fsp3) is 0.389. The molecule has 3 rings (SSSR count). The third kappa shape index (κ3) is 3.70. The molecule has 2 aromatic rings. The molecule has 2 heterocycles. The summed E-state index contributed by atoms with van der Waals surface area (Å²) < 4.78 is 13.8. The Morgan fingerprint density at radius 1 is 1.12 bits per heavy atom. The highest BCUT2D eigenvalue weighted by atomic mass is 19.1. The molecular weight excluding hydrogens is 323 g/mol. The molecule has 1 N–H and O–H groups in total. The van der Waals surface area contributed by atoms with E-state index in [2.05, 4.69) is 9.97 Å². The largest absolute Gasteiger partial charge is 0.338 e. The van der Waals surface area contributed by atoms with Gasteiger partial charge in [0.15, 0.2) is 0 Å². The Bertz CT molecular complexity index is 774. The molecule has 1 fully saturated rings. The summed E-state index contributed by atoms with van der Waals surface area (Å²) in [5.41, 5.74) is 0.536. The number of aromatic nitrogens is 2. The lowest BCUT2D eigenvalue weighted by molar-refractivity contribution is 0.0713. The maximum atomic E-state index is 13.8. The second kappa shape index (κ2) is 7.46. The minimum Gasteiger partial charge on any atom is -0.338 e. The van der Waals surface area contributed by atoms with Crippen LogP contribution in [0.5, 0.6) is 0 Å². The van der Waals surface area contributed by atoms with E-state index in [1.807, 2.05) is 6.92 Å². The van der Waals surface area contributed by atoms with Gasteiger partial charge in [0.25, 0.3) is 11.8 Å². The van der Waals surface area contributed by atoms with Crippen molar-refractivity contribution in [1.82, 2.24) is 19.8 Å². The van der Waals surface area contributed by atoms with Gasteiger partial charge in [-0.3, -0.25) is 9.59 Å². The molecule has 1 aliphatic heterocycles. The monoisotopic (exact) mass is 344 g/mol. The zero-order valence-electron chi connectivity index (χ0n) is 14.2. The Balaban J connectivity index is 1.67. The second-order valence-electron chi connectivity index (χ2n) is 6.01. The van der Waals surface area contributed by atoms with Crippen LogP contribution in [-0.2, 0) is 6.42 Å². The van der Waals surface area contributed by atoms with Crippen LogP contribution >= 0.6 is 0 Å². The van der Waals surface area contributed by atoms with Gasteiger partial charge in [-0.1, -0.05) is 19.1 Å². The van der Waals surface area contributed by atoms with Crippen molar-refractivity contribution in [2.75, 3.05) is 26.2 Å². The standard InChI is InChI=1S/C18H21FN4O2/c1-2-16-20-12-15(21-16)18(25)23-9-5-8-22(10-11-23)17(24)13-6-3-4-7-14(13)19/h3-4,6-7,12H,2,5,8-11H2,1H3,(H,20,21). The van der Waals surface area contributed by atoms with E-state index in [1.54, 1.807) is 28.1 Å². The zero-order valence-corrected chi connectivity index (χ0v) is 14.2. The van der Waals surface area contributed by atoms with Crippen LogP contribution < -0.4 is 0 Å². The number of aromatic amines is 1. The van der Waals surface area contributed by atoms with E-state index in [1.165, 1.54) is 12.1 Å². The lowest BCUT2D eigenvalue weighted by atomic mass is 10.2. The van der Waals surface area contributed by atoms with Crippen LogP contribution in [0.2, 0.25) is 0 Å². The minimum atomic E-state index is -0.519. The van der Waals surface area contributed by atoms with Crippen LogP contribution in [-0.4, -0.2) is 57.8 Å². The number of hydrogen-bond acceptors (Lipinski definition) is 3. The summed E-state index contributed by atoms with van der Waals surface area (Å²) in [6.07, 6.45) is 2.94. The van der Waals surface area contributed by atoms with Gasteiger partial charge in [-0.15, -0.1) is 0 Å². The first-order valence-corrected chi connectivity index (χ1v) is 8.47. The van der Waals surface area contributed by atoms with Gasteiger partial charge in [0.1, 0.15) is 17.3 Å². The predicted molar refractivity (Wildman–Crippen MR) is 90.8 cm³/mol. The highest BCUT2D eigenvalue weighted by Gasteiger charge is 2.25. The van der Waals surface area contributed by atoms with Gasteiger partial charge in [-0.2, -0.15) is 0 Å². The summed E-state index contributed by atoms with van der Waals surface area (Å²) in [7, 11) is 0. The molecule has 7 heteroatoms. The second-order valence-corrected chi connectivity index (χ2v) is 6.01. The lowest BCUT2D eigenvalue weighted by Gasteiger charge is -2.22. The van der Waals surface area contributed by atoms with Crippen LogP contribution in [0.25, 0.3) is 0 Å². The Kier molecular flexibility index (Phi) is 5.11. The van der Waals surface area contributed by atoms with Crippen molar-refractivity contribution in [3.8, 4) is 0 Å². The topological polar surface area (TPSA) is 69.3 Å². The minimum absolute atomic E-state index is 0.0726. The van der Waals surface area contributed by atoms with Crippen LogP contribution in [0.3, 0.4) is 0 Å². The predicted octanol–water partition coefficient (Wildman–Crippen LogP) is 2.10. The number of nitrogens with zero attached hydrogens (tertiary/aromatic N) is 3. The van der Waals surface area contributed by atoms with E-state index >= 15 is 0 Å². The molecule has 1 aliphatic rings. The number of carbonyl (C=O) groups is 2. The Morgan fingerprint density at radius 3 is 2.44 bits per heavy atom. The SMILES string of the molecule is CCc1ncc(C(=O)N2CCCN(C(=O)c3ccccc3F)CC2)[nH]1. The summed E-state index contributed by atoms with van der Waals surface area (Å²) in [5.74, 6) is -0.196. The van der Waals surface area contributed by atoms with Crippen molar-refractivity contribution in [2.45, 2.75) is 19.8 Å². The van der Waals surface area contributed by atoms with Gasteiger partial charge < -0.3 is 14.8 Å². The lowest BCUT2D eigenvalue weighted by Crippen LogP contribution is -2.37. The molecular formula is C18H21FN4O2. The zero-order chi connectivity index (χ0) is 17.8. The summed E-state index contributed by atoms with van der Waals surface area (Å²) in [4.78, 5) is 35.6.